The second-order valence-electron chi connectivity index (χ2n) is 6.22. The van der Waals surface area contributed by atoms with Crippen LogP contribution in [-0.4, -0.2) is 36.5 Å². The lowest BCUT2D eigenvalue weighted by atomic mass is 10.1. The summed E-state index contributed by atoms with van der Waals surface area (Å²) in [4.78, 5) is 25.9. The highest BCUT2D eigenvalue weighted by molar-refractivity contribution is 9.10. The molecule has 3 rings (SSSR count). The average Bonchev–Trinajstić information content (AvgIpc) is 3.20. The number of carbonyl (C=O) groups excluding carboxylic acids is 2. The molecule has 1 amide bonds. The van der Waals surface area contributed by atoms with Crippen molar-refractivity contribution in [1.29, 1.82) is 0 Å². The van der Waals surface area contributed by atoms with Crippen molar-refractivity contribution in [3.63, 3.8) is 0 Å². The van der Waals surface area contributed by atoms with Gasteiger partial charge in [-0.15, -0.1) is 0 Å². The molecule has 0 spiro atoms. The van der Waals surface area contributed by atoms with Crippen LogP contribution in [0.15, 0.2) is 46.9 Å². The molecule has 0 unspecified atom stereocenters. The van der Waals surface area contributed by atoms with Crippen molar-refractivity contribution in [3.8, 4) is 5.75 Å². The monoisotopic (exact) mass is 435 g/mol. The minimum Gasteiger partial charge on any atom is -0.479 e. The maximum absolute atomic E-state index is 13.6. The van der Waals surface area contributed by atoms with Gasteiger partial charge in [-0.3, -0.25) is 4.79 Å². The molecule has 0 bridgehead atoms. The first-order valence-corrected chi connectivity index (χ1v) is 9.44. The van der Waals surface area contributed by atoms with Crippen LogP contribution in [0.5, 0.6) is 5.75 Å². The van der Waals surface area contributed by atoms with Gasteiger partial charge in [0.1, 0.15) is 6.61 Å². The summed E-state index contributed by atoms with van der Waals surface area (Å²) in [7, 11) is 0. The third-order valence-electron chi connectivity index (χ3n) is 4.23. The van der Waals surface area contributed by atoms with E-state index in [1.807, 2.05) is 4.90 Å². The summed E-state index contributed by atoms with van der Waals surface area (Å²) in [5.74, 6) is -1.15. The van der Waals surface area contributed by atoms with Gasteiger partial charge < -0.3 is 14.4 Å². The molecule has 1 saturated heterocycles. The molecule has 1 fully saturated rings. The maximum Gasteiger partial charge on any atom is 0.344 e. The molecule has 2 aromatic carbocycles. The van der Waals surface area contributed by atoms with E-state index in [2.05, 4.69) is 15.9 Å². The van der Waals surface area contributed by atoms with Crippen LogP contribution in [0.2, 0.25) is 0 Å². The van der Waals surface area contributed by atoms with Gasteiger partial charge in [-0.1, -0.05) is 28.1 Å². The zero-order valence-electron chi connectivity index (χ0n) is 14.6. The van der Waals surface area contributed by atoms with Crippen LogP contribution in [0.1, 0.15) is 28.8 Å². The number of ether oxygens (including phenoxy) is 2. The number of likely N-dealkylation sites (tertiary alicyclic amines) is 1. The van der Waals surface area contributed by atoms with Crippen molar-refractivity contribution >= 4 is 27.8 Å². The van der Waals surface area contributed by atoms with E-state index < -0.39 is 11.8 Å². The van der Waals surface area contributed by atoms with Crippen LogP contribution in [0.3, 0.4) is 0 Å². The maximum atomic E-state index is 13.6. The number of hydrogen-bond acceptors (Lipinski definition) is 4. The largest absolute Gasteiger partial charge is 0.479 e. The van der Waals surface area contributed by atoms with Crippen molar-refractivity contribution in [2.24, 2.45) is 0 Å². The topological polar surface area (TPSA) is 55.8 Å². The quantitative estimate of drug-likeness (QED) is 0.644. The lowest BCUT2D eigenvalue weighted by molar-refractivity contribution is -0.147. The van der Waals surface area contributed by atoms with Crippen LogP contribution >= 0.6 is 15.9 Å². The third kappa shape index (κ3) is 5.29. The molecule has 0 radical (unpaired) electrons. The molecule has 0 saturated carbocycles. The van der Waals surface area contributed by atoms with E-state index >= 15 is 0 Å². The molecule has 2 aromatic rings. The Kier molecular flexibility index (Phi) is 6.45. The highest BCUT2D eigenvalue weighted by atomic mass is 79.9. The Morgan fingerprint density at radius 1 is 1.07 bits per heavy atom. The van der Waals surface area contributed by atoms with Crippen molar-refractivity contribution in [2.75, 3.05) is 19.7 Å². The molecular weight excluding hydrogens is 417 g/mol. The zero-order valence-corrected chi connectivity index (χ0v) is 16.2. The number of halogens is 2. The molecule has 142 valence electrons. The molecule has 1 aliphatic heterocycles. The summed E-state index contributed by atoms with van der Waals surface area (Å²) in [5, 5.41) is 0. The van der Waals surface area contributed by atoms with Crippen molar-refractivity contribution < 1.29 is 23.5 Å². The molecule has 0 aliphatic carbocycles. The molecule has 27 heavy (non-hydrogen) atoms. The van der Waals surface area contributed by atoms with Gasteiger partial charge in [-0.25, -0.2) is 9.18 Å². The van der Waals surface area contributed by atoms with Crippen LogP contribution in [0.4, 0.5) is 4.39 Å². The van der Waals surface area contributed by atoms with E-state index in [-0.39, 0.29) is 24.9 Å². The summed E-state index contributed by atoms with van der Waals surface area (Å²) < 4.78 is 24.5. The Labute approximate surface area is 165 Å². The van der Waals surface area contributed by atoms with Gasteiger partial charge >= 0.3 is 5.97 Å². The number of rotatable bonds is 6. The molecule has 0 atom stereocenters. The number of nitrogens with zero attached hydrogens (tertiary/aromatic N) is 1. The first kappa shape index (κ1) is 19.4. The Bertz CT molecular complexity index is 819. The van der Waals surface area contributed by atoms with Crippen LogP contribution in [0.25, 0.3) is 0 Å². The second-order valence-corrected chi connectivity index (χ2v) is 7.14. The lowest BCUT2D eigenvalue weighted by Gasteiger charge is -2.15. The Morgan fingerprint density at radius 3 is 2.44 bits per heavy atom. The smallest absolute Gasteiger partial charge is 0.344 e. The van der Waals surface area contributed by atoms with E-state index in [0.29, 0.717) is 10.0 Å². The van der Waals surface area contributed by atoms with Gasteiger partial charge in [0.15, 0.2) is 18.2 Å². The predicted molar refractivity (Wildman–Crippen MR) is 101 cm³/mol. The normalized spacial score (nSPS) is 13.5. The summed E-state index contributed by atoms with van der Waals surface area (Å²) in [6, 6.07) is 11.3. The third-order valence-corrected chi connectivity index (χ3v) is 4.73. The van der Waals surface area contributed by atoms with Crippen molar-refractivity contribution in [1.82, 2.24) is 4.90 Å². The minimum absolute atomic E-state index is 0.0140. The van der Waals surface area contributed by atoms with Crippen molar-refractivity contribution in [3.05, 3.63) is 63.9 Å². The van der Waals surface area contributed by atoms with Crippen LogP contribution < -0.4 is 4.74 Å². The SMILES string of the molecule is O=C(COc1ccc(Br)cc1F)OCc1ccc(C(=O)N2CCCC2)cc1. The van der Waals surface area contributed by atoms with Gasteiger partial charge in [0.2, 0.25) is 0 Å². The van der Waals surface area contributed by atoms with Crippen LogP contribution in [-0.2, 0) is 16.1 Å². The van der Waals surface area contributed by atoms with Crippen LogP contribution in [0, 0.1) is 5.82 Å². The number of hydrogen-bond donors (Lipinski definition) is 0. The van der Waals surface area contributed by atoms with Gasteiger partial charge in [-0.05, 0) is 48.7 Å². The standard InChI is InChI=1S/C20H19BrFNO4/c21-16-7-8-18(17(22)11-16)26-13-19(24)27-12-14-3-5-15(6-4-14)20(25)23-9-1-2-10-23/h3-8,11H,1-2,9-10,12-13H2. The fraction of sp³-hybridized carbons (Fsp3) is 0.300. The van der Waals surface area contributed by atoms with E-state index in [9.17, 15) is 14.0 Å². The highest BCUT2D eigenvalue weighted by Gasteiger charge is 2.19. The molecule has 5 nitrogen and oxygen atoms in total. The predicted octanol–water partition coefficient (Wildman–Crippen LogP) is 3.95. The van der Waals surface area contributed by atoms with Crippen molar-refractivity contribution in [2.45, 2.75) is 19.4 Å². The highest BCUT2D eigenvalue weighted by Crippen LogP contribution is 2.21. The van der Waals surface area contributed by atoms with Gasteiger partial charge in [0.05, 0.1) is 0 Å². The minimum atomic E-state index is -0.602. The Hall–Kier alpha value is -2.41. The molecule has 1 aliphatic rings. The first-order chi connectivity index (χ1) is 13.0. The summed E-state index contributed by atoms with van der Waals surface area (Å²) >= 11 is 3.15. The average molecular weight is 436 g/mol. The molecular formula is C20H19BrFNO4. The van der Waals surface area contributed by atoms with Gasteiger partial charge in [0.25, 0.3) is 5.91 Å². The lowest BCUT2D eigenvalue weighted by Crippen LogP contribution is -2.27. The van der Waals surface area contributed by atoms with E-state index in [1.54, 1.807) is 30.3 Å². The number of amides is 1. The number of carbonyl (C=O) groups is 2. The van der Waals surface area contributed by atoms with Gasteiger partial charge in [-0.2, -0.15) is 0 Å². The molecule has 0 N–H and O–H groups in total. The van der Waals surface area contributed by atoms with E-state index in [0.717, 1.165) is 31.5 Å². The number of benzene rings is 2. The Balaban J connectivity index is 1.46. The summed E-state index contributed by atoms with van der Waals surface area (Å²) in [6.07, 6.45) is 2.10. The fourth-order valence-corrected chi connectivity index (χ4v) is 3.11. The van der Waals surface area contributed by atoms with Gasteiger partial charge in [0, 0.05) is 23.1 Å². The fourth-order valence-electron chi connectivity index (χ4n) is 2.78. The summed E-state index contributed by atoms with van der Waals surface area (Å²) in [5.41, 5.74) is 1.39. The zero-order chi connectivity index (χ0) is 19.2. The summed E-state index contributed by atoms with van der Waals surface area (Å²) in [6.45, 7) is 1.28. The number of esters is 1. The molecule has 7 heteroatoms. The van der Waals surface area contributed by atoms with E-state index in [4.69, 9.17) is 9.47 Å². The first-order valence-electron chi connectivity index (χ1n) is 8.64. The van der Waals surface area contributed by atoms with E-state index in [1.165, 1.54) is 12.1 Å². The Morgan fingerprint density at radius 2 is 1.78 bits per heavy atom. The molecule has 0 aromatic heterocycles. The molecule has 1 heterocycles. The second kappa shape index (κ2) is 8.99.